The Morgan fingerprint density at radius 3 is 2.27 bits per heavy atom. The molecule has 4 aliphatic carbocycles. The van der Waals surface area contributed by atoms with Crippen LogP contribution >= 0.6 is 0 Å². The molecular weight excluding hydrogens is 320 g/mol. The second kappa shape index (κ2) is 6.00. The Kier molecular flexibility index (Phi) is 3.73. The number of carbonyl (C=O) groups excluding carboxylic acids is 1. The summed E-state index contributed by atoms with van der Waals surface area (Å²) in [6.07, 6.45) is 8.26. The lowest BCUT2D eigenvalue weighted by Crippen LogP contribution is -2.56. The van der Waals surface area contributed by atoms with Gasteiger partial charge in [-0.3, -0.25) is 0 Å². The SMILES string of the molecule is C[C@@H](NC(=O)Nc1cccc2ccccc12)C12CC3CC(CC(C3)C1)C2. The Morgan fingerprint density at radius 1 is 0.962 bits per heavy atom. The van der Waals surface area contributed by atoms with E-state index >= 15 is 0 Å². The minimum atomic E-state index is -0.0652. The van der Waals surface area contributed by atoms with Crippen LogP contribution in [0.3, 0.4) is 0 Å². The van der Waals surface area contributed by atoms with Gasteiger partial charge in [-0.1, -0.05) is 36.4 Å². The molecule has 0 heterocycles. The van der Waals surface area contributed by atoms with Crippen LogP contribution in [0.1, 0.15) is 45.4 Å². The van der Waals surface area contributed by atoms with E-state index in [1.54, 1.807) is 0 Å². The van der Waals surface area contributed by atoms with Crippen molar-refractivity contribution in [2.45, 2.75) is 51.5 Å². The number of amides is 2. The molecule has 26 heavy (non-hydrogen) atoms. The van der Waals surface area contributed by atoms with Crippen molar-refractivity contribution in [3.05, 3.63) is 42.5 Å². The van der Waals surface area contributed by atoms with Crippen LogP contribution < -0.4 is 10.6 Å². The first kappa shape index (κ1) is 16.2. The number of nitrogens with one attached hydrogen (secondary N) is 2. The fraction of sp³-hybridized carbons (Fsp3) is 0.522. The summed E-state index contributed by atoms with van der Waals surface area (Å²) in [6.45, 7) is 2.23. The van der Waals surface area contributed by atoms with Crippen molar-refractivity contribution in [2.75, 3.05) is 5.32 Å². The number of fused-ring (bicyclic) bond motifs is 1. The zero-order valence-electron chi connectivity index (χ0n) is 15.5. The third-order valence-electron chi connectivity index (χ3n) is 7.39. The van der Waals surface area contributed by atoms with E-state index in [9.17, 15) is 4.79 Å². The van der Waals surface area contributed by atoms with Gasteiger partial charge in [-0.25, -0.2) is 4.79 Å². The standard InChI is InChI=1S/C23H28N2O/c1-15(23-12-16-9-17(13-23)11-18(10-16)14-23)24-22(26)25-21-8-4-6-19-5-2-3-7-20(19)21/h2-8,15-18H,9-14H2,1H3,(H2,24,25,26)/t15-,16?,17?,18?,23?/m1/s1. The number of benzene rings is 2. The molecule has 0 unspecified atom stereocenters. The van der Waals surface area contributed by atoms with Crippen molar-refractivity contribution >= 4 is 22.5 Å². The van der Waals surface area contributed by atoms with Gasteiger partial charge in [-0.15, -0.1) is 0 Å². The summed E-state index contributed by atoms with van der Waals surface area (Å²) in [6, 6.07) is 14.4. The van der Waals surface area contributed by atoms with E-state index < -0.39 is 0 Å². The molecule has 4 bridgehead atoms. The first-order valence-corrected chi connectivity index (χ1v) is 10.2. The van der Waals surface area contributed by atoms with E-state index in [-0.39, 0.29) is 12.1 Å². The van der Waals surface area contributed by atoms with Crippen LogP contribution in [0.15, 0.2) is 42.5 Å². The Labute approximate surface area is 155 Å². The van der Waals surface area contributed by atoms with Gasteiger partial charge in [0.15, 0.2) is 0 Å². The summed E-state index contributed by atoms with van der Waals surface area (Å²) < 4.78 is 0. The van der Waals surface area contributed by atoms with Gasteiger partial charge in [0.25, 0.3) is 0 Å². The highest BCUT2D eigenvalue weighted by Crippen LogP contribution is 2.61. The van der Waals surface area contributed by atoms with Crippen LogP contribution in [0.4, 0.5) is 10.5 Å². The number of anilines is 1. The van der Waals surface area contributed by atoms with Crippen molar-refractivity contribution in [3.63, 3.8) is 0 Å². The molecule has 2 aromatic rings. The van der Waals surface area contributed by atoms with Gasteiger partial charge in [0.05, 0.1) is 5.69 Å². The fourth-order valence-electron chi connectivity index (χ4n) is 6.55. The van der Waals surface area contributed by atoms with E-state index in [1.807, 2.05) is 24.3 Å². The summed E-state index contributed by atoms with van der Waals surface area (Å²) in [4.78, 5) is 12.7. The van der Waals surface area contributed by atoms with Gasteiger partial charge in [0.2, 0.25) is 0 Å². The van der Waals surface area contributed by atoms with Crippen molar-refractivity contribution < 1.29 is 4.79 Å². The van der Waals surface area contributed by atoms with Crippen LogP contribution in [-0.2, 0) is 0 Å². The molecule has 0 aliphatic heterocycles. The molecule has 2 N–H and O–H groups in total. The van der Waals surface area contributed by atoms with Crippen LogP contribution in [0.25, 0.3) is 10.8 Å². The molecule has 4 aliphatic rings. The Morgan fingerprint density at radius 2 is 1.58 bits per heavy atom. The van der Waals surface area contributed by atoms with E-state index in [2.05, 4.69) is 35.8 Å². The third kappa shape index (κ3) is 2.69. The Hall–Kier alpha value is -2.03. The molecule has 0 radical (unpaired) electrons. The molecule has 136 valence electrons. The molecule has 6 rings (SSSR count). The quantitative estimate of drug-likeness (QED) is 0.748. The predicted molar refractivity (Wildman–Crippen MR) is 106 cm³/mol. The largest absolute Gasteiger partial charge is 0.335 e. The molecule has 2 amide bonds. The Bertz CT molecular complexity index is 802. The number of hydrogen-bond acceptors (Lipinski definition) is 1. The molecule has 0 saturated heterocycles. The van der Waals surface area contributed by atoms with E-state index in [0.717, 1.165) is 34.2 Å². The minimum absolute atomic E-state index is 0.0652. The minimum Gasteiger partial charge on any atom is -0.335 e. The second-order valence-corrected chi connectivity index (χ2v) is 9.13. The van der Waals surface area contributed by atoms with Gasteiger partial charge in [-0.05, 0) is 80.1 Å². The summed E-state index contributed by atoms with van der Waals surface area (Å²) in [5.41, 5.74) is 1.23. The first-order valence-electron chi connectivity index (χ1n) is 10.2. The number of urea groups is 1. The van der Waals surface area contributed by atoms with Gasteiger partial charge in [0, 0.05) is 11.4 Å². The number of hydrogen-bond donors (Lipinski definition) is 2. The average Bonchev–Trinajstić information content (AvgIpc) is 2.61. The van der Waals surface area contributed by atoms with Gasteiger partial charge < -0.3 is 10.6 Å². The maximum absolute atomic E-state index is 12.7. The zero-order chi connectivity index (χ0) is 17.7. The lowest BCUT2D eigenvalue weighted by molar-refractivity contribution is -0.0679. The lowest BCUT2D eigenvalue weighted by atomic mass is 9.48. The highest BCUT2D eigenvalue weighted by atomic mass is 16.2. The van der Waals surface area contributed by atoms with E-state index in [4.69, 9.17) is 0 Å². The molecule has 3 nitrogen and oxygen atoms in total. The van der Waals surface area contributed by atoms with Crippen LogP contribution in [0.2, 0.25) is 0 Å². The van der Waals surface area contributed by atoms with Crippen molar-refractivity contribution in [2.24, 2.45) is 23.2 Å². The van der Waals surface area contributed by atoms with E-state index in [1.165, 1.54) is 38.5 Å². The predicted octanol–water partition coefficient (Wildman–Crippen LogP) is 5.57. The maximum atomic E-state index is 12.7. The second-order valence-electron chi connectivity index (χ2n) is 9.13. The summed E-state index contributed by atoms with van der Waals surface area (Å²) in [7, 11) is 0. The van der Waals surface area contributed by atoms with Crippen LogP contribution in [-0.4, -0.2) is 12.1 Å². The molecule has 2 aromatic carbocycles. The highest BCUT2D eigenvalue weighted by Gasteiger charge is 2.53. The lowest BCUT2D eigenvalue weighted by Gasteiger charge is -2.59. The molecule has 4 fully saturated rings. The molecule has 4 saturated carbocycles. The van der Waals surface area contributed by atoms with Gasteiger partial charge in [0.1, 0.15) is 0 Å². The monoisotopic (exact) mass is 348 g/mol. The van der Waals surface area contributed by atoms with Crippen molar-refractivity contribution in [1.82, 2.24) is 5.32 Å². The normalized spacial score (nSPS) is 33.2. The van der Waals surface area contributed by atoms with Crippen molar-refractivity contribution in [3.8, 4) is 0 Å². The fourth-order valence-corrected chi connectivity index (χ4v) is 6.55. The van der Waals surface area contributed by atoms with Gasteiger partial charge in [-0.2, -0.15) is 0 Å². The van der Waals surface area contributed by atoms with E-state index in [0.29, 0.717) is 5.41 Å². The molecular formula is C23H28N2O. The summed E-state index contributed by atoms with van der Waals surface area (Å²) in [5, 5.41) is 8.64. The first-order chi connectivity index (χ1) is 12.6. The zero-order valence-corrected chi connectivity index (χ0v) is 15.5. The number of rotatable bonds is 3. The third-order valence-corrected chi connectivity index (χ3v) is 7.39. The molecule has 0 aromatic heterocycles. The number of carbonyl (C=O) groups is 1. The van der Waals surface area contributed by atoms with Crippen molar-refractivity contribution in [1.29, 1.82) is 0 Å². The summed E-state index contributed by atoms with van der Waals surface area (Å²) in [5.74, 6) is 2.73. The highest BCUT2D eigenvalue weighted by molar-refractivity contribution is 6.01. The topological polar surface area (TPSA) is 41.1 Å². The molecule has 0 spiro atoms. The average molecular weight is 348 g/mol. The van der Waals surface area contributed by atoms with Crippen LogP contribution in [0.5, 0.6) is 0 Å². The molecule has 1 atom stereocenters. The van der Waals surface area contributed by atoms with Gasteiger partial charge >= 0.3 is 6.03 Å². The maximum Gasteiger partial charge on any atom is 0.319 e. The van der Waals surface area contributed by atoms with Crippen LogP contribution in [0, 0.1) is 23.2 Å². The summed E-state index contributed by atoms with van der Waals surface area (Å²) >= 11 is 0. The smallest absolute Gasteiger partial charge is 0.319 e. The molecule has 3 heteroatoms. The Balaban J connectivity index is 1.31.